The number of aromatic amines is 3. The molecule has 0 aliphatic rings. The highest BCUT2D eigenvalue weighted by Crippen LogP contribution is 2.25. The van der Waals surface area contributed by atoms with Crippen molar-refractivity contribution in [2.45, 2.75) is 261 Å². The average Bonchev–Trinajstić information content (AvgIpc) is 1.70. The summed E-state index contributed by atoms with van der Waals surface area (Å²) in [5.74, 6) is -11.5. The van der Waals surface area contributed by atoms with E-state index in [1.54, 1.807) is 44.6 Å². The fourth-order valence-corrected chi connectivity index (χ4v) is 14.6. The first-order chi connectivity index (χ1) is 59.8. The van der Waals surface area contributed by atoms with Crippen LogP contribution in [0.15, 0.2) is 96.4 Å². The molecule has 0 spiro atoms. The van der Waals surface area contributed by atoms with Crippen molar-refractivity contribution in [2.24, 2.45) is 62.7 Å². The van der Waals surface area contributed by atoms with Crippen LogP contribution in [0.2, 0.25) is 0 Å². The van der Waals surface area contributed by atoms with Crippen LogP contribution in [0.4, 0.5) is 0 Å². The van der Waals surface area contributed by atoms with E-state index in [1.165, 1.54) is 13.8 Å². The molecule has 0 saturated heterocycles. The molecule has 688 valence electrons. The lowest BCUT2D eigenvalue weighted by atomic mass is 9.99. The van der Waals surface area contributed by atoms with Crippen molar-refractivity contribution in [3.63, 3.8) is 0 Å². The van der Waals surface area contributed by atoms with Crippen molar-refractivity contribution in [1.29, 1.82) is 0 Å². The Morgan fingerprint density at radius 3 is 0.912 bits per heavy atom. The number of aromatic nitrogens is 3. The molecule has 0 radical (unpaired) electrons. The number of aliphatic carboxylic acids is 1. The van der Waals surface area contributed by atoms with Gasteiger partial charge >= 0.3 is 5.97 Å². The number of nitrogens with zero attached hydrogens (tertiary/aromatic N) is 1. The van der Waals surface area contributed by atoms with Gasteiger partial charge in [0.15, 0.2) is 5.96 Å². The van der Waals surface area contributed by atoms with Crippen molar-refractivity contribution in [3.8, 4) is 0 Å². The number of carbonyl (C=O) groups excluding carboxylic acids is 12. The van der Waals surface area contributed by atoms with E-state index in [9.17, 15) is 43.5 Å². The molecule has 0 bridgehead atoms. The quantitative estimate of drug-likeness (QED) is 0.0138. The zero-order chi connectivity index (χ0) is 91.7. The number of unbranched alkanes of at least 4 members (excludes halogenated alkanes) is 5. The first kappa shape index (κ1) is 102. The molecule has 32 N–H and O–H groups in total. The Morgan fingerprint density at radius 1 is 0.320 bits per heavy atom. The van der Waals surface area contributed by atoms with Gasteiger partial charge in [0.1, 0.15) is 72.5 Å². The zero-order valence-corrected chi connectivity index (χ0v) is 72.9. The summed E-state index contributed by atoms with van der Waals surface area (Å²) in [4.78, 5) is 202. The molecule has 0 unspecified atom stereocenters. The van der Waals surface area contributed by atoms with Gasteiger partial charge in [0, 0.05) is 77.1 Å². The van der Waals surface area contributed by atoms with Crippen LogP contribution in [0.3, 0.4) is 0 Å². The Bertz CT molecular complexity index is 4520. The molecule has 0 aliphatic carbocycles. The fourth-order valence-electron chi connectivity index (χ4n) is 14.6. The number of carboxylic acid groups (broad SMARTS) is 1. The monoisotopic (exact) mass is 1740 g/mol. The highest BCUT2D eigenvalue weighted by Gasteiger charge is 2.38. The molecule has 3 aromatic carbocycles. The molecule has 38 nitrogen and oxygen atoms in total. The topological polar surface area (TPSA) is 654 Å². The maximum atomic E-state index is 15.7. The fraction of sp³-hybridized carbons (Fsp3) is 0.563. The molecule has 12 amide bonds. The van der Waals surface area contributed by atoms with Gasteiger partial charge in [0.05, 0.1) is 6.04 Å². The second-order valence-corrected chi connectivity index (χ2v) is 32.8. The predicted molar refractivity (Wildman–Crippen MR) is 479 cm³/mol. The number of hydrogen-bond acceptors (Lipinski definition) is 20. The average molecular weight is 1740 g/mol. The summed E-state index contributed by atoms with van der Waals surface area (Å²) in [6.45, 7) is 11.5. The van der Waals surface area contributed by atoms with Crippen LogP contribution >= 0.6 is 0 Å². The van der Waals surface area contributed by atoms with E-state index in [1.807, 2.05) is 74.5 Å². The molecule has 125 heavy (non-hydrogen) atoms. The Kier molecular flexibility index (Phi) is 43.8. The van der Waals surface area contributed by atoms with Crippen molar-refractivity contribution >= 4 is 116 Å². The summed E-state index contributed by atoms with van der Waals surface area (Å²) >= 11 is 0. The number of hydrogen-bond donors (Lipinski definition) is 24. The summed E-state index contributed by atoms with van der Waals surface area (Å²) in [7, 11) is 0. The maximum Gasteiger partial charge on any atom is 0.326 e. The van der Waals surface area contributed by atoms with Gasteiger partial charge in [-0.2, -0.15) is 0 Å². The van der Waals surface area contributed by atoms with Gasteiger partial charge in [-0.1, -0.05) is 88.7 Å². The lowest BCUT2D eigenvalue weighted by molar-refractivity contribution is -0.142. The van der Waals surface area contributed by atoms with E-state index >= 15 is 24.0 Å². The number of H-pyrrole nitrogens is 3. The van der Waals surface area contributed by atoms with Gasteiger partial charge in [-0.3, -0.25) is 62.5 Å². The van der Waals surface area contributed by atoms with E-state index in [0.29, 0.717) is 135 Å². The van der Waals surface area contributed by atoms with Gasteiger partial charge in [0.2, 0.25) is 70.9 Å². The molecular weight excluding hydrogens is 1610 g/mol. The molecule has 38 heteroatoms. The van der Waals surface area contributed by atoms with Crippen LogP contribution in [0.5, 0.6) is 0 Å². The van der Waals surface area contributed by atoms with Crippen molar-refractivity contribution in [3.05, 3.63) is 108 Å². The van der Waals surface area contributed by atoms with Crippen LogP contribution in [0.25, 0.3) is 32.7 Å². The largest absolute Gasteiger partial charge is 0.480 e. The zero-order valence-electron chi connectivity index (χ0n) is 72.9. The van der Waals surface area contributed by atoms with Crippen LogP contribution in [0, 0.1) is 11.8 Å². The SMILES string of the molecule is CC(C)C[C@H](NC(=O)[C@H](C)NC(=O)[C@H](CCCCN)NC(=O)[C@H](CC(C)C)NC(=O)[C@H](Cc1c[nH]c2ccccc12)NC(=O)[C@H](Cc1c[nH]c2ccccc12)NC(=O)[C@H](CCCN=C(N)N)NC(=O)[C@H](Cc1c[nH]c2ccccc12)NC(=O)[C@H](CCCCN)NC(=O)[C@@H](N)CCCCN)C(=O)N[C@@H](C)C(=O)N[C@@H](CCCCN)C(=O)N[C@@H](CCCCN)C(=O)O. The molecule has 6 aromatic rings. The Hall–Kier alpha value is -11.6. The minimum Gasteiger partial charge on any atom is -0.480 e. The summed E-state index contributed by atoms with van der Waals surface area (Å²) in [5, 5.41) is 45.1. The number of carbonyl (C=O) groups is 13. The normalized spacial score (nSPS) is 14.6. The number of amides is 12. The molecule has 0 aliphatic heterocycles. The van der Waals surface area contributed by atoms with Gasteiger partial charge in [-0.05, 0) is 209 Å². The van der Waals surface area contributed by atoms with Crippen molar-refractivity contribution in [1.82, 2.24) is 78.8 Å². The number of fused-ring (bicyclic) bond motifs is 3. The standard InChI is InChI=1S/C87H136N24O14/c1-50(2)42-69(81(119)101-52(5)74(112)102-65(32-15-20-38-90)78(116)106-68(86(124)125)34-17-22-40-92)107-75(113)53(6)100-77(115)64(31-14-19-37-89)104-82(120)70(43-51(3)4)108-84(122)73(46-56-49-99-63-30-12-9-26-59(56)63)111-85(123)72(45-55-48-98-62-29-11-8-25-58(55)62)110-80(118)67(35-23-41-96-87(94)95)105-83(121)71(44-54-47-97-61-28-10-7-24-57(54)61)109-79(117)66(33-16-21-39-91)103-76(114)60(93)27-13-18-36-88/h7-12,24-26,28-30,47-53,60,64-73,97-99H,13-23,27,31-46,88-93H2,1-6H3,(H,100,115)(H,101,119)(H,102,112)(H,103,114)(H,104,120)(H,105,121)(H,106,116)(H,107,113)(H,108,122)(H,109,117)(H,110,118)(H,111,123)(H,124,125)(H4,94,95,96)/t52-,53-,60-,64-,65-,66-,67-,68-,69-,70-,71-,72-,73-/m0/s1. The smallest absolute Gasteiger partial charge is 0.326 e. The number of rotatable bonds is 59. The van der Waals surface area contributed by atoms with Crippen LogP contribution in [-0.4, -0.2) is 221 Å². The minimum atomic E-state index is -1.54. The Labute approximate surface area is 729 Å². The molecule has 13 atom stereocenters. The van der Waals surface area contributed by atoms with Gasteiger partial charge < -0.3 is 130 Å². The van der Waals surface area contributed by atoms with E-state index < -0.39 is 155 Å². The van der Waals surface area contributed by atoms with Crippen molar-refractivity contribution < 1.29 is 67.4 Å². The van der Waals surface area contributed by atoms with Crippen molar-refractivity contribution in [2.75, 3.05) is 39.3 Å². The third-order valence-electron chi connectivity index (χ3n) is 21.6. The number of nitrogens with two attached hydrogens (primary N) is 8. The third-order valence-corrected chi connectivity index (χ3v) is 21.6. The number of guanidine groups is 1. The number of nitrogens with one attached hydrogen (secondary N) is 15. The molecule has 3 aromatic heterocycles. The predicted octanol–water partition coefficient (Wildman–Crippen LogP) is 0.219. The molecular formula is C87H136N24O14. The van der Waals surface area contributed by atoms with E-state index in [2.05, 4.69) is 83.7 Å². The van der Waals surface area contributed by atoms with Gasteiger partial charge in [-0.15, -0.1) is 0 Å². The van der Waals surface area contributed by atoms with Crippen LogP contribution in [-0.2, 0) is 81.6 Å². The van der Waals surface area contributed by atoms with E-state index in [-0.39, 0.29) is 102 Å². The lowest BCUT2D eigenvalue weighted by Gasteiger charge is -2.29. The molecule has 3 heterocycles. The summed E-state index contributed by atoms with van der Waals surface area (Å²) < 4.78 is 0. The highest BCUT2D eigenvalue weighted by molar-refractivity contribution is 6.01. The Morgan fingerprint density at radius 2 is 0.576 bits per heavy atom. The third kappa shape index (κ3) is 34.1. The summed E-state index contributed by atoms with van der Waals surface area (Å²) in [6, 6.07) is 4.67. The van der Waals surface area contributed by atoms with Gasteiger partial charge in [0.25, 0.3) is 0 Å². The number of aliphatic imine (C=N–C) groups is 1. The van der Waals surface area contributed by atoms with E-state index in [4.69, 9.17) is 45.9 Å². The first-order valence-corrected chi connectivity index (χ1v) is 43.6. The lowest BCUT2D eigenvalue weighted by Crippen LogP contribution is -2.61. The molecule has 0 saturated carbocycles. The van der Waals surface area contributed by atoms with Crippen LogP contribution < -0.4 is 110 Å². The number of carboxylic acids is 1. The number of benzene rings is 3. The molecule has 0 fully saturated rings. The maximum absolute atomic E-state index is 15.7. The number of para-hydroxylation sites is 3. The second-order valence-electron chi connectivity index (χ2n) is 32.8. The van der Waals surface area contributed by atoms with E-state index in [0.717, 1.165) is 10.9 Å². The Balaban J connectivity index is 1.29. The van der Waals surface area contributed by atoms with Crippen LogP contribution in [0.1, 0.15) is 180 Å². The first-order valence-electron chi connectivity index (χ1n) is 43.6. The summed E-state index contributed by atoms with van der Waals surface area (Å²) in [6.07, 6.45) is 9.91. The highest BCUT2D eigenvalue weighted by atomic mass is 16.4. The minimum absolute atomic E-state index is 0.00398. The second kappa shape index (κ2) is 53.6. The van der Waals surface area contributed by atoms with Gasteiger partial charge in [-0.25, -0.2) is 4.79 Å². The summed E-state index contributed by atoms with van der Waals surface area (Å²) in [5.41, 5.74) is 50.5. The molecule has 6 rings (SSSR count).